The van der Waals surface area contributed by atoms with Gasteiger partial charge in [-0.15, -0.1) is 0 Å². The monoisotopic (exact) mass is 291 g/mol. The molecule has 1 aliphatic carbocycles. The molecule has 110 valence electrons. The minimum atomic E-state index is -0.0665. The smallest absolute Gasteiger partial charge is 0.231 e. The Morgan fingerprint density at radius 2 is 2.09 bits per heavy atom. The predicted molar refractivity (Wildman–Crippen MR) is 86.8 cm³/mol. The van der Waals surface area contributed by atoms with Gasteiger partial charge in [-0.2, -0.15) is 5.10 Å². The summed E-state index contributed by atoms with van der Waals surface area (Å²) < 4.78 is 0. The number of aromatic amines is 1. The van der Waals surface area contributed by atoms with Crippen LogP contribution in [0.3, 0.4) is 0 Å². The summed E-state index contributed by atoms with van der Waals surface area (Å²) in [5.41, 5.74) is 4.14. The number of nitrogens with zero attached hydrogens (tertiary/aromatic N) is 1. The quantitative estimate of drug-likeness (QED) is 0.757. The molecule has 0 fully saturated rings. The van der Waals surface area contributed by atoms with Crippen molar-refractivity contribution in [2.45, 2.75) is 25.2 Å². The Balaban J connectivity index is 1.65. The van der Waals surface area contributed by atoms with Crippen LogP contribution in [-0.2, 0) is 11.2 Å². The average molecular weight is 291 g/mol. The maximum Gasteiger partial charge on any atom is 0.231 e. The Labute approximate surface area is 128 Å². The van der Waals surface area contributed by atoms with Crippen LogP contribution in [0.4, 0.5) is 5.69 Å². The molecule has 0 saturated carbocycles. The molecule has 2 N–H and O–H groups in total. The van der Waals surface area contributed by atoms with Crippen LogP contribution in [-0.4, -0.2) is 16.1 Å². The Morgan fingerprint density at radius 3 is 3.05 bits per heavy atom. The molecule has 1 aromatic heterocycles. The van der Waals surface area contributed by atoms with Gasteiger partial charge in [0.2, 0.25) is 5.91 Å². The number of carbonyl (C=O) groups is 1. The molecule has 2 aromatic carbocycles. The van der Waals surface area contributed by atoms with Gasteiger partial charge in [0, 0.05) is 5.39 Å². The number of nitrogens with one attached hydrogen (secondary N) is 2. The minimum Gasteiger partial charge on any atom is -0.324 e. The molecule has 1 atom stereocenters. The molecule has 4 nitrogen and oxygen atoms in total. The third kappa shape index (κ3) is 2.17. The second-order valence-corrected chi connectivity index (χ2v) is 5.77. The largest absolute Gasteiger partial charge is 0.324 e. The molecule has 0 saturated heterocycles. The van der Waals surface area contributed by atoms with Crippen LogP contribution < -0.4 is 5.32 Å². The van der Waals surface area contributed by atoms with E-state index in [1.807, 2.05) is 30.3 Å². The Bertz CT molecular complexity index is 837. The fraction of sp³-hybridized carbons (Fsp3) is 0.222. The molecule has 4 heteroatoms. The van der Waals surface area contributed by atoms with Gasteiger partial charge in [0.05, 0.1) is 23.3 Å². The van der Waals surface area contributed by atoms with Crippen LogP contribution in [0.15, 0.2) is 48.7 Å². The van der Waals surface area contributed by atoms with Crippen LogP contribution >= 0.6 is 0 Å². The van der Waals surface area contributed by atoms with E-state index in [2.05, 4.69) is 27.6 Å². The van der Waals surface area contributed by atoms with Gasteiger partial charge in [0.15, 0.2) is 0 Å². The minimum absolute atomic E-state index is 0.0641. The van der Waals surface area contributed by atoms with Crippen molar-refractivity contribution in [1.29, 1.82) is 0 Å². The van der Waals surface area contributed by atoms with Crippen LogP contribution in [0, 0.1) is 0 Å². The number of carbonyl (C=O) groups excluding carboxylic acids is 1. The van der Waals surface area contributed by atoms with E-state index in [0.29, 0.717) is 0 Å². The van der Waals surface area contributed by atoms with Crippen molar-refractivity contribution in [2.75, 3.05) is 5.32 Å². The number of rotatable bonds is 2. The molecule has 1 aliphatic rings. The second kappa shape index (κ2) is 5.30. The number of hydrogen-bond acceptors (Lipinski definition) is 2. The number of aryl methyl sites for hydroxylation is 1. The maximum absolute atomic E-state index is 12.8. The summed E-state index contributed by atoms with van der Waals surface area (Å²) >= 11 is 0. The molecule has 4 rings (SSSR count). The highest BCUT2D eigenvalue weighted by Gasteiger charge is 2.26. The lowest BCUT2D eigenvalue weighted by molar-refractivity contribution is -0.117. The number of anilines is 1. The number of H-pyrrole nitrogens is 1. The Morgan fingerprint density at radius 1 is 1.18 bits per heavy atom. The van der Waals surface area contributed by atoms with Crippen LogP contribution in [0.25, 0.3) is 10.9 Å². The molecule has 0 radical (unpaired) electrons. The highest BCUT2D eigenvalue weighted by Crippen LogP contribution is 2.33. The molecule has 0 aliphatic heterocycles. The van der Waals surface area contributed by atoms with Gasteiger partial charge in [0.25, 0.3) is 0 Å². The van der Waals surface area contributed by atoms with Crippen molar-refractivity contribution in [3.63, 3.8) is 0 Å². The summed E-state index contributed by atoms with van der Waals surface area (Å²) in [5.74, 6) is -0.00243. The highest BCUT2D eigenvalue weighted by molar-refractivity contribution is 6.02. The number of para-hydroxylation sites is 1. The first-order valence-corrected chi connectivity index (χ1v) is 7.64. The zero-order valence-electron chi connectivity index (χ0n) is 12.2. The molecule has 22 heavy (non-hydrogen) atoms. The topological polar surface area (TPSA) is 57.8 Å². The van der Waals surface area contributed by atoms with Crippen molar-refractivity contribution < 1.29 is 4.79 Å². The summed E-state index contributed by atoms with van der Waals surface area (Å²) in [7, 11) is 0. The molecule has 0 bridgehead atoms. The number of benzene rings is 2. The average Bonchev–Trinajstić information content (AvgIpc) is 3.04. The van der Waals surface area contributed by atoms with Crippen LogP contribution in [0.5, 0.6) is 0 Å². The summed E-state index contributed by atoms with van der Waals surface area (Å²) in [6.45, 7) is 0. The van der Waals surface area contributed by atoms with E-state index < -0.39 is 0 Å². The molecule has 1 amide bonds. The van der Waals surface area contributed by atoms with Gasteiger partial charge in [-0.25, -0.2) is 0 Å². The van der Waals surface area contributed by atoms with E-state index in [-0.39, 0.29) is 11.8 Å². The maximum atomic E-state index is 12.8. The van der Waals surface area contributed by atoms with Gasteiger partial charge in [-0.3, -0.25) is 9.89 Å². The number of hydrogen-bond donors (Lipinski definition) is 2. The van der Waals surface area contributed by atoms with E-state index in [9.17, 15) is 4.79 Å². The number of amides is 1. The standard InChI is InChI=1S/C18H17N3O/c22-18(15-9-3-6-12-5-1-2-8-14(12)15)20-16-10-4-7-13-11-19-21-17(13)16/h1-2,4-5,7-8,10-11,15H,3,6,9H2,(H,19,21)(H,20,22)/t15-/m1/s1. The van der Waals surface area contributed by atoms with Crippen LogP contribution in [0.1, 0.15) is 29.9 Å². The van der Waals surface area contributed by atoms with Gasteiger partial charge in [-0.05, 0) is 36.5 Å². The zero-order chi connectivity index (χ0) is 14.9. The van der Waals surface area contributed by atoms with Crippen molar-refractivity contribution in [3.05, 3.63) is 59.8 Å². The first-order chi connectivity index (χ1) is 10.8. The van der Waals surface area contributed by atoms with E-state index in [1.165, 1.54) is 11.1 Å². The molecule has 1 heterocycles. The molecular formula is C18H17N3O. The third-order valence-corrected chi connectivity index (χ3v) is 4.42. The molecular weight excluding hydrogens is 274 g/mol. The number of fused-ring (bicyclic) bond motifs is 2. The van der Waals surface area contributed by atoms with E-state index >= 15 is 0 Å². The fourth-order valence-electron chi connectivity index (χ4n) is 3.32. The summed E-state index contributed by atoms with van der Waals surface area (Å²) in [6, 6.07) is 14.1. The highest BCUT2D eigenvalue weighted by atomic mass is 16.1. The number of aromatic nitrogens is 2. The lowest BCUT2D eigenvalue weighted by Crippen LogP contribution is -2.24. The third-order valence-electron chi connectivity index (χ3n) is 4.42. The molecule has 0 spiro atoms. The van der Waals surface area contributed by atoms with Crippen molar-refractivity contribution in [2.24, 2.45) is 0 Å². The SMILES string of the molecule is O=C(Nc1cccc2cn[nH]c12)[C@@H]1CCCc2ccccc21. The van der Waals surface area contributed by atoms with Gasteiger partial charge >= 0.3 is 0 Å². The Kier molecular flexibility index (Phi) is 3.15. The molecule has 0 unspecified atom stereocenters. The van der Waals surface area contributed by atoms with Crippen molar-refractivity contribution in [1.82, 2.24) is 10.2 Å². The zero-order valence-corrected chi connectivity index (χ0v) is 12.2. The molecule has 3 aromatic rings. The lowest BCUT2D eigenvalue weighted by Gasteiger charge is -2.24. The lowest BCUT2D eigenvalue weighted by atomic mass is 9.82. The van der Waals surface area contributed by atoms with E-state index in [0.717, 1.165) is 35.9 Å². The second-order valence-electron chi connectivity index (χ2n) is 5.77. The summed E-state index contributed by atoms with van der Waals surface area (Å²) in [5, 5.41) is 11.1. The van der Waals surface area contributed by atoms with Crippen LogP contribution in [0.2, 0.25) is 0 Å². The van der Waals surface area contributed by atoms with Gasteiger partial charge in [-0.1, -0.05) is 36.4 Å². The summed E-state index contributed by atoms with van der Waals surface area (Å²) in [4.78, 5) is 12.8. The van der Waals surface area contributed by atoms with E-state index in [4.69, 9.17) is 0 Å². The van der Waals surface area contributed by atoms with Gasteiger partial charge < -0.3 is 5.32 Å². The van der Waals surface area contributed by atoms with Gasteiger partial charge in [0.1, 0.15) is 0 Å². The summed E-state index contributed by atoms with van der Waals surface area (Å²) in [6.07, 6.45) is 4.79. The van der Waals surface area contributed by atoms with Crippen molar-refractivity contribution >= 4 is 22.5 Å². The normalized spacial score (nSPS) is 17.2. The Hall–Kier alpha value is -2.62. The van der Waals surface area contributed by atoms with E-state index in [1.54, 1.807) is 6.20 Å². The van der Waals surface area contributed by atoms with Crippen molar-refractivity contribution in [3.8, 4) is 0 Å². The first kappa shape index (κ1) is 13.1. The fourth-order valence-corrected chi connectivity index (χ4v) is 3.32. The predicted octanol–water partition coefficient (Wildman–Crippen LogP) is 3.62. The first-order valence-electron chi connectivity index (χ1n) is 7.64.